The van der Waals surface area contributed by atoms with Gasteiger partial charge in [0, 0.05) is 13.0 Å². The third kappa shape index (κ3) is 6.47. The lowest BCUT2D eigenvalue weighted by Crippen LogP contribution is -2.48. The fraction of sp³-hybridized carbons (Fsp3) is 0.0968. The average molecular weight is 529 g/mol. The predicted molar refractivity (Wildman–Crippen MR) is 149 cm³/mol. The second-order valence-corrected chi connectivity index (χ2v) is 9.09. The summed E-state index contributed by atoms with van der Waals surface area (Å²) in [6, 6.07) is 25.4. The van der Waals surface area contributed by atoms with Crippen molar-refractivity contribution < 1.29 is 19.1 Å². The van der Waals surface area contributed by atoms with Gasteiger partial charge in [0.05, 0.1) is 10.6 Å². The van der Waals surface area contributed by atoms with Gasteiger partial charge < -0.3 is 15.7 Å². The molecule has 0 aliphatic heterocycles. The van der Waals surface area contributed by atoms with Crippen LogP contribution >= 0.6 is 11.6 Å². The lowest BCUT2D eigenvalue weighted by atomic mass is 9.99. The number of aromatic hydroxyl groups is 1. The molecule has 0 saturated carbocycles. The van der Waals surface area contributed by atoms with Gasteiger partial charge in [-0.15, -0.1) is 6.58 Å². The molecule has 5 nitrogen and oxygen atoms in total. The van der Waals surface area contributed by atoms with E-state index < -0.39 is 17.8 Å². The van der Waals surface area contributed by atoms with E-state index in [1.165, 1.54) is 30.3 Å². The van der Waals surface area contributed by atoms with E-state index in [-0.39, 0.29) is 35.2 Å². The van der Waals surface area contributed by atoms with Crippen LogP contribution in [0.4, 0.5) is 4.39 Å². The highest BCUT2D eigenvalue weighted by Gasteiger charge is 2.23. The molecule has 0 heterocycles. The van der Waals surface area contributed by atoms with Gasteiger partial charge in [0.2, 0.25) is 5.91 Å². The van der Waals surface area contributed by atoms with E-state index in [4.69, 9.17) is 11.6 Å². The maximum Gasteiger partial charge on any atom is 0.255 e. The van der Waals surface area contributed by atoms with E-state index in [2.05, 4.69) is 17.2 Å². The van der Waals surface area contributed by atoms with Gasteiger partial charge in [0.25, 0.3) is 5.91 Å². The normalized spacial score (nSPS) is 11.4. The van der Waals surface area contributed by atoms with E-state index in [0.717, 1.165) is 16.7 Å². The summed E-state index contributed by atoms with van der Waals surface area (Å²) in [5.74, 6) is -1.82. The van der Waals surface area contributed by atoms with Crippen LogP contribution in [0.5, 0.6) is 5.75 Å². The highest BCUT2D eigenvalue weighted by atomic mass is 35.5. The van der Waals surface area contributed by atoms with Crippen molar-refractivity contribution in [3.8, 4) is 28.0 Å². The number of hydrogen-bond donors (Lipinski definition) is 3. The molecule has 0 unspecified atom stereocenters. The molecule has 3 N–H and O–H groups in total. The smallest absolute Gasteiger partial charge is 0.255 e. The van der Waals surface area contributed by atoms with Gasteiger partial charge in [-0.1, -0.05) is 84.4 Å². The Labute approximate surface area is 225 Å². The average Bonchev–Trinajstić information content (AvgIpc) is 2.94. The molecule has 0 radical (unpaired) electrons. The number of carbonyl (C=O) groups is 2. The van der Waals surface area contributed by atoms with Crippen molar-refractivity contribution in [3.05, 3.63) is 126 Å². The molecule has 0 spiro atoms. The number of hydrogen-bond acceptors (Lipinski definition) is 3. The minimum Gasteiger partial charge on any atom is -0.507 e. The molecule has 0 fully saturated rings. The molecule has 4 aromatic carbocycles. The van der Waals surface area contributed by atoms with Crippen molar-refractivity contribution in [3.63, 3.8) is 0 Å². The fourth-order valence-corrected chi connectivity index (χ4v) is 4.19. The summed E-state index contributed by atoms with van der Waals surface area (Å²) in [6.45, 7) is 3.86. The van der Waals surface area contributed by atoms with E-state index in [1.807, 2.05) is 54.6 Å². The number of halogens is 2. The van der Waals surface area contributed by atoms with Crippen LogP contribution < -0.4 is 10.6 Å². The summed E-state index contributed by atoms with van der Waals surface area (Å²) < 4.78 is 13.6. The van der Waals surface area contributed by atoms with Crippen LogP contribution in [-0.4, -0.2) is 29.5 Å². The van der Waals surface area contributed by atoms with E-state index in [0.29, 0.717) is 11.1 Å². The van der Waals surface area contributed by atoms with Gasteiger partial charge in [-0.25, -0.2) is 4.39 Å². The third-order valence-electron chi connectivity index (χ3n) is 6.04. The summed E-state index contributed by atoms with van der Waals surface area (Å²) in [4.78, 5) is 26.1. The zero-order chi connectivity index (χ0) is 27.1. The summed E-state index contributed by atoms with van der Waals surface area (Å²) in [5.41, 5.74) is 4.06. The van der Waals surface area contributed by atoms with Gasteiger partial charge in [0.15, 0.2) is 0 Å². The monoisotopic (exact) mass is 528 g/mol. The van der Waals surface area contributed by atoms with Gasteiger partial charge in [-0.3, -0.25) is 9.59 Å². The molecule has 0 saturated heterocycles. The van der Waals surface area contributed by atoms with Crippen LogP contribution in [0.25, 0.3) is 22.3 Å². The molecule has 0 bridgehead atoms. The van der Waals surface area contributed by atoms with Crippen LogP contribution in [0.15, 0.2) is 104 Å². The number of phenols is 1. The Morgan fingerprint density at radius 3 is 2.21 bits per heavy atom. The highest BCUT2D eigenvalue weighted by Crippen LogP contribution is 2.29. The first-order valence-corrected chi connectivity index (χ1v) is 12.4. The number of nitrogens with one attached hydrogen (secondary N) is 2. The van der Waals surface area contributed by atoms with Crippen molar-refractivity contribution in [2.24, 2.45) is 0 Å². The molecule has 0 aliphatic carbocycles. The van der Waals surface area contributed by atoms with E-state index in [1.54, 1.807) is 12.1 Å². The molecule has 4 aromatic rings. The SMILES string of the molecule is C=CCNC(=O)[C@H](Cc1ccc(-c2ccccc2)cc1)NC(=O)c1cc(-c2ccc(F)c(Cl)c2)ccc1O. The summed E-state index contributed by atoms with van der Waals surface area (Å²) in [6.07, 6.45) is 1.78. The lowest BCUT2D eigenvalue weighted by molar-refractivity contribution is -0.122. The molecular weight excluding hydrogens is 503 g/mol. The Balaban J connectivity index is 1.56. The minimum absolute atomic E-state index is 0.0242. The van der Waals surface area contributed by atoms with Crippen molar-refractivity contribution in [1.29, 1.82) is 0 Å². The maximum atomic E-state index is 13.6. The van der Waals surface area contributed by atoms with Crippen LogP contribution in [0.1, 0.15) is 15.9 Å². The van der Waals surface area contributed by atoms with Crippen LogP contribution in [0, 0.1) is 5.82 Å². The van der Waals surface area contributed by atoms with Crippen LogP contribution in [0.2, 0.25) is 5.02 Å². The highest BCUT2D eigenvalue weighted by molar-refractivity contribution is 6.31. The first-order chi connectivity index (χ1) is 18.4. The molecule has 192 valence electrons. The summed E-state index contributed by atoms with van der Waals surface area (Å²) in [7, 11) is 0. The topological polar surface area (TPSA) is 78.4 Å². The molecule has 38 heavy (non-hydrogen) atoms. The minimum atomic E-state index is -0.909. The maximum absolute atomic E-state index is 13.6. The lowest BCUT2D eigenvalue weighted by Gasteiger charge is -2.19. The van der Waals surface area contributed by atoms with Gasteiger partial charge >= 0.3 is 0 Å². The Morgan fingerprint density at radius 1 is 0.895 bits per heavy atom. The molecule has 4 rings (SSSR count). The molecule has 7 heteroatoms. The van der Waals surface area contributed by atoms with Crippen LogP contribution in [0.3, 0.4) is 0 Å². The molecule has 0 aromatic heterocycles. The van der Waals surface area contributed by atoms with Crippen molar-refractivity contribution in [2.75, 3.05) is 6.54 Å². The first-order valence-electron chi connectivity index (χ1n) is 12.0. The van der Waals surface area contributed by atoms with Gasteiger partial charge in [-0.2, -0.15) is 0 Å². The molecular formula is C31H26ClFN2O3. The van der Waals surface area contributed by atoms with Gasteiger partial charge in [0.1, 0.15) is 17.6 Å². The zero-order valence-electron chi connectivity index (χ0n) is 20.5. The Morgan fingerprint density at radius 2 is 1.53 bits per heavy atom. The number of carbonyl (C=O) groups excluding carboxylic acids is 2. The Bertz CT molecular complexity index is 1460. The summed E-state index contributed by atoms with van der Waals surface area (Å²) in [5, 5.41) is 15.8. The number of benzene rings is 4. The Kier molecular flexibility index (Phi) is 8.56. The molecule has 0 aliphatic rings. The summed E-state index contributed by atoms with van der Waals surface area (Å²) >= 11 is 5.91. The van der Waals surface area contributed by atoms with Crippen molar-refractivity contribution >= 4 is 23.4 Å². The molecule has 2 amide bonds. The van der Waals surface area contributed by atoms with Crippen molar-refractivity contribution in [1.82, 2.24) is 10.6 Å². The van der Waals surface area contributed by atoms with Crippen LogP contribution in [-0.2, 0) is 11.2 Å². The van der Waals surface area contributed by atoms with E-state index in [9.17, 15) is 19.1 Å². The zero-order valence-corrected chi connectivity index (χ0v) is 21.2. The molecule has 1 atom stereocenters. The van der Waals surface area contributed by atoms with Gasteiger partial charge in [-0.05, 0) is 52.1 Å². The standard InChI is InChI=1S/C31H26ClFN2O3/c1-2-16-34-31(38)28(17-20-8-10-22(11-9-20)21-6-4-3-5-7-21)35-30(37)25-18-23(13-15-29(25)36)24-12-14-27(33)26(32)19-24/h2-15,18-19,28,36H,1,16-17H2,(H,34,38)(H,35,37)/t28-/m0/s1. The van der Waals surface area contributed by atoms with E-state index >= 15 is 0 Å². The second kappa shape index (κ2) is 12.2. The largest absolute Gasteiger partial charge is 0.507 e. The fourth-order valence-electron chi connectivity index (χ4n) is 4.01. The second-order valence-electron chi connectivity index (χ2n) is 8.69. The van der Waals surface area contributed by atoms with Crippen molar-refractivity contribution in [2.45, 2.75) is 12.5 Å². The number of phenolic OH excluding ortho intramolecular Hbond substituents is 1. The Hall–Kier alpha value is -4.42. The predicted octanol–water partition coefficient (Wildman–Crippen LogP) is 6.16. The quantitative estimate of drug-likeness (QED) is 0.228. The number of amides is 2. The third-order valence-corrected chi connectivity index (χ3v) is 6.33. The first kappa shape index (κ1) is 26.6. The number of rotatable bonds is 9.